The Morgan fingerprint density at radius 2 is 1.71 bits per heavy atom. The molecule has 0 unspecified atom stereocenters. The van der Waals surface area contributed by atoms with Crippen LogP contribution in [0, 0.1) is 0 Å². The first kappa shape index (κ1) is 7.72. The van der Waals surface area contributed by atoms with Gasteiger partial charge in [-0.25, -0.2) is 9.97 Å². The van der Waals surface area contributed by atoms with Gasteiger partial charge in [-0.05, 0) is 6.07 Å². The molecule has 0 saturated heterocycles. The number of aromatic nitrogens is 2. The second-order valence-corrected chi connectivity index (χ2v) is 0.904. The topological polar surface area (TPSA) is 25.8 Å². The van der Waals surface area contributed by atoms with Gasteiger partial charge in [0.25, 0.3) is 0 Å². The minimum absolute atomic E-state index is 0. The van der Waals surface area contributed by atoms with Crippen LogP contribution in [0.15, 0.2) is 24.8 Å². The summed E-state index contributed by atoms with van der Waals surface area (Å²) in [5, 5.41) is 0. The SMILES string of the molecule is [H-].[K+].c1cncnc1. The summed E-state index contributed by atoms with van der Waals surface area (Å²) >= 11 is 0. The van der Waals surface area contributed by atoms with Crippen LogP contribution in [0.3, 0.4) is 0 Å². The molecule has 0 N–H and O–H groups in total. The number of nitrogens with zero attached hydrogens (tertiary/aromatic N) is 2. The first-order valence-electron chi connectivity index (χ1n) is 1.70. The van der Waals surface area contributed by atoms with Gasteiger partial charge in [0.15, 0.2) is 0 Å². The second kappa shape index (κ2) is 4.87. The molecule has 0 fully saturated rings. The molecule has 0 saturated carbocycles. The normalized spacial score (nSPS) is 6.86. The molecular formula is C4H5KN2. The van der Waals surface area contributed by atoms with Crippen molar-refractivity contribution in [2.24, 2.45) is 0 Å². The molecule has 0 radical (unpaired) electrons. The van der Waals surface area contributed by atoms with Gasteiger partial charge in [-0.3, -0.25) is 0 Å². The van der Waals surface area contributed by atoms with Gasteiger partial charge in [0.05, 0.1) is 0 Å². The number of hydrogen-bond donors (Lipinski definition) is 0. The van der Waals surface area contributed by atoms with Crippen LogP contribution >= 0.6 is 0 Å². The summed E-state index contributed by atoms with van der Waals surface area (Å²) in [6.45, 7) is 0. The summed E-state index contributed by atoms with van der Waals surface area (Å²) in [7, 11) is 0. The molecule has 0 aliphatic carbocycles. The Balaban J connectivity index is 0. The minimum Gasteiger partial charge on any atom is -1.00 e. The molecule has 32 valence electrons. The fraction of sp³-hybridized carbons (Fsp3) is 0. The molecular weight excluding hydrogens is 115 g/mol. The van der Waals surface area contributed by atoms with Gasteiger partial charge in [-0.15, -0.1) is 0 Å². The van der Waals surface area contributed by atoms with Gasteiger partial charge < -0.3 is 1.43 Å². The zero-order valence-electron chi connectivity index (χ0n) is 5.20. The van der Waals surface area contributed by atoms with E-state index in [9.17, 15) is 0 Å². The predicted molar refractivity (Wildman–Crippen MR) is 23.1 cm³/mol. The first-order valence-corrected chi connectivity index (χ1v) is 1.70. The summed E-state index contributed by atoms with van der Waals surface area (Å²) in [5.41, 5.74) is 0. The minimum atomic E-state index is 0. The zero-order valence-corrected chi connectivity index (χ0v) is 7.33. The van der Waals surface area contributed by atoms with Gasteiger partial charge in [0, 0.05) is 12.4 Å². The van der Waals surface area contributed by atoms with E-state index in [4.69, 9.17) is 0 Å². The van der Waals surface area contributed by atoms with Crippen molar-refractivity contribution in [3.63, 3.8) is 0 Å². The van der Waals surface area contributed by atoms with Crippen molar-refractivity contribution in [2.45, 2.75) is 0 Å². The van der Waals surface area contributed by atoms with E-state index in [-0.39, 0.29) is 52.8 Å². The maximum atomic E-state index is 3.67. The van der Waals surface area contributed by atoms with Crippen molar-refractivity contribution >= 4 is 0 Å². The van der Waals surface area contributed by atoms with Gasteiger partial charge in [-0.1, -0.05) is 0 Å². The molecule has 1 rings (SSSR count). The molecule has 2 nitrogen and oxygen atoms in total. The molecule has 0 atom stereocenters. The largest absolute Gasteiger partial charge is 1.00 e. The number of hydrogen-bond acceptors (Lipinski definition) is 2. The van der Waals surface area contributed by atoms with E-state index in [0.717, 1.165) is 0 Å². The average Bonchev–Trinajstić information content (AvgIpc) is 1.72. The van der Waals surface area contributed by atoms with Crippen molar-refractivity contribution in [1.29, 1.82) is 0 Å². The molecule has 0 aliphatic rings. The van der Waals surface area contributed by atoms with Crippen molar-refractivity contribution in [2.75, 3.05) is 0 Å². The van der Waals surface area contributed by atoms with Crippen LogP contribution in [0.4, 0.5) is 0 Å². The van der Waals surface area contributed by atoms with Crippen LogP contribution in [0.2, 0.25) is 0 Å². The molecule has 1 aromatic heterocycles. The predicted octanol–water partition coefficient (Wildman–Crippen LogP) is -2.41. The van der Waals surface area contributed by atoms with E-state index in [0.29, 0.717) is 0 Å². The third kappa shape index (κ3) is 3.31. The Labute approximate surface area is 86.3 Å². The Hall–Kier alpha value is 0.716. The third-order valence-electron chi connectivity index (χ3n) is 0.478. The van der Waals surface area contributed by atoms with Crippen LogP contribution in [0.5, 0.6) is 0 Å². The maximum absolute atomic E-state index is 3.67. The molecule has 0 amide bonds. The van der Waals surface area contributed by atoms with E-state index < -0.39 is 0 Å². The Morgan fingerprint density at radius 1 is 1.14 bits per heavy atom. The zero-order chi connectivity index (χ0) is 4.24. The number of rotatable bonds is 0. The van der Waals surface area contributed by atoms with Gasteiger partial charge in [0.1, 0.15) is 6.33 Å². The van der Waals surface area contributed by atoms with Gasteiger partial charge in [0.2, 0.25) is 0 Å². The monoisotopic (exact) mass is 120 g/mol. The van der Waals surface area contributed by atoms with Gasteiger partial charge >= 0.3 is 51.4 Å². The first-order chi connectivity index (χ1) is 3.00. The molecule has 7 heavy (non-hydrogen) atoms. The summed E-state index contributed by atoms with van der Waals surface area (Å²) in [4.78, 5) is 7.35. The maximum Gasteiger partial charge on any atom is 1.00 e. The molecule has 0 spiro atoms. The standard InChI is InChI=1S/C4H4N2.K.H/c1-2-5-4-6-3-1;;/h1-4H;;/q;+1;-1. The third-order valence-corrected chi connectivity index (χ3v) is 0.478. The van der Waals surface area contributed by atoms with Crippen LogP contribution in [0.1, 0.15) is 1.43 Å². The summed E-state index contributed by atoms with van der Waals surface area (Å²) in [6.07, 6.45) is 4.88. The molecule has 3 heteroatoms. The summed E-state index contributed by atoms with van der Waals surface area (Å²) in [5.74, 6) is 0. The van der Waals surface area contributed by atoms with E-state index in [1.807, 2.05) is 0 Å². The molecule has 1 heterocycles. The van der Waals surface area contributed by atoms with Crippen molar-refractivity contribution in [3.8, 4) is 0 Å². The van der Waals surface area contributed by atoms with E-state index in [1.165, 1.54) is 6.33 Å². The van der Waals surface area contributed by atoms with E-state index in [2.05, 4.69) is 9.97 Å². The summed E-state index contributed by atoms with van der Waals surface area (Å²) < 4.78 is 0. The second-order valence-electron chi connectivity index (χ2n) is 0.904. The van der Waals surface area contributed by atoms with Gasteiger partial charge in [-0.2, -0.15) is 0 Å². The summed E-state index contributed by atoms with van der Waals surface area (Å²) in [6, 6.07) is 1.78. The van der Waals surface area contributed by atoms with Crippen LogP contribution < -0.4 is 51.4 Å². The molecule has 0 aliphatic heterocycles. The van der Waals surface area contributed by atoms with Crippen LogP contribution in [-0.2, 0) is 0 Å². The van der Waals surface area contributed by atoms with E-state index in [1.54, 1.807) is 18.5 Å². The average molecular weight is 120 g/mol. The van der Waals surface area contributed by atoms with E-state index >= 15 is 0 Å². The Kier molecular flexibility index (Phi) is 5.36. The quantitative estimate of drug-likeness (QED) is 0.356. The smallest absolute Gasteiger partial charge is 1.00 e. The Morgan fingerprint density at radius 3 is 1.86 bits per heavy atom. The van der Waals surface area contributed by atoms with Crippen molar-refractivity contribution < 1.29 is 52.8 Å². The Bertz CT molecular complexity index is 86.0. The fourth-order valence-corrected chi connectivity index (χ4v) is 0.253. The van der Waals surface area contributed by atoms with Crippen molar-refractivity contribution in [3.05, 3.63) is 24.8 Å². The molecule has 1 aromatic rings. The van der Waals surface area contributed by atoms with Crippen molar-refractivity contribution in [1.82, 2.24) is 9.97 Å². The molecule has 0 aromatic carbocycles. The van der Waals surface area contributed by atoms with Crippen LogP contribution in [0.25, 0.3) is 0 Å². The molecule has 0 bridgehead atoms. The fourth-order valence-electron chi connectivity index (χ4n) is 0.253. The van der Waals surface area contributed by atoms with Crippen LogP contribution in [-0.4, -0.2) is 9.97 Å².